The Bertz CT molecular complexity index is 986. The first-order valence-electron chi connectivity index (χ1n) is 9.12. The van der Waals surface area contributed by atoms with Crippen LogP contribution < -0.4 is 9.64 Å². The Labute approximate surface area is 178 Å². The Morgan fingerprint density at radius 1 is 1.10 bits per heavy atom. The van der Waals surface area contributed by atoms with Crippen LogP contribution in [0.4, 0.5) is 10.5 Å². The minimum absolute atomic E-state index is 0.102. The van der Waals surface area contributed by atoms with Crippen molar-refractivity contribution >= 4 is 40.7 Å². The number of carboxylic acid groups (broad SMARTS) is 1. The van der Waals surface area contributed by atoms with E-state index in [-0.39, 0.29) is 17.5 Å². The van der Waals surface area contributed by atoms with Crippen molar-refractivity contribution in [1.82, 2.24) is 0 Å². The second kappa shape index (κ2) is 9.58. The number of hydrogen-bond acceptors (Lipinski definition) is 4. The van der Waals surface area contributed by atoms with Gasteiger partial charge in [-0.15, -0.1) is 0 Å². The number of hydrogen-bond donors (Lipinski definition) is 1. The monoisotopic (exact) mass is 429 g/mol. The molecular weight excluding hydrogens is 410 g/mol. The van der Waals surface area contributed by atoms with Crippen molar-refractivity contribution in [1.29, 1.82) is 0 Å². The zero-order valence-electron chi connectivity index (χ0n) is 15.8. The number of carbonyl (C=O) groups excluding carboxylic acids is 1. The quantitative estimate of drug-likeness (QED) is 0.437. The third-order valence-corrected chi connectivity index (χ3v) is 5.53. The van der Waals surface area contributed by atoms with Gasteiger partial charge in [0.15, 0.2) is 0 Å². The lowest BCUT2D eigenvalue weighted by Gasteiger charge is -2.22. The van der Waals surface area contributed by atoms with Gasteiger partial charge in [-0.2, -0.15) is 0 Å². The summed E-state index contributed by atoms with van der Waals surface area (Å²) in [6.07, 6.45) is -0.390. The number of rotatable bonds is 7. The Kier molecular flexibility index (Phi) is 6.90. The van der Waals surface area contributed by atoms with Gasteiger partial charge in [0.2, 0.25) is 11.0 Å². The second-order valence-corrected chi connectivity index (χ2v) is 7.82. The van der Waals surface area contributed by atoms with Gasteiger partial charge in [0.05, 0.1) is 12.2 Å². The molecule has 0 saturated carbocycles. The predicted octanol–water partition coefficient (Wildman–Crippen LogP) is 6.46. The molecule has 0 saturated heterocycles. The summed E-state index contributed by atoms with van der Waals surface area (Å²) in [7, 11) is 0. The van der Waals surface area contributed by atoms with Crippen LogP contribution in [-0.2, 0) is 11.3 Å². The highest BCUT2D eigenvalue weighted by atomic mass is 35.5. The van der Waals surface area contributed by atoms with Gasteiger partial charge in [0.1, 0.15) is 0 Å². The number of carbonyl (C=O) groups is 2. The molecule has 1 amide bonds. The number of thiophene rings is 1. The van der Waals surface area contributed by atoms with Crippen LogP contribution in [0.15, 0.2) is 60.7 Å². The first-order valence-corrected chi connectivity index (χ1v) is 10.3. The average Bonchev–Trinajstić information content (AvgIpc) is 3.11. The molecule has 1 N–H and O–H groups in total. The molecule has 0 unspecified atom stereocenters. The zero-order valence-corrected chi connectivity index (χ0v) is 17.4. The maximum atomic E-state index is 12.9. The smallest absolute Gasteiger partial charge is 0.449 e. The van der Waals surface area contributed by atoms with E-state index in [2.05, 4.69) is 0 Å². The van der Waals surface area contributed by atoms with Crippen LogP contribution >= 0.6 is 22.9 Å². The lowest BCUT2D eigenvalue weighted by Crippen LogP contribution is -2.30. The number of nitrogens with zero attached hydrogens (tertiary/aromatic N) is 1. The molecule has 0 bridgehead atoms. The van der Waals surface area contributed by atoms with Crippen molar-refractivity contribution in [2.24, 2.45) is 0 Å². The Morgan fingerprint density at radius 2 is 1.79 bits per heavy atom. The second-order valence-electron chi connectivity index (χ2n) is 6.37. The fraction of sp³-hybridized carbons (Fsp3) is 0.182. The largest absolute Gasteiger partial charge is 0.512 e. The van der Waals surface area contributed by atoms with Crippen LogP contribution in [0.3, 0.4) is 0 Å². The normalized spacial score (nSPS) is 10.6. The molecule has 5 nitrogen and oxygen atoms in total. The van der Waals surface area contributed by atoms with Crippen molar-refractivity contribution in [2.45, 2.75) is 26.3 Å². The number of ether oxygens (including phenoxy) is 1. The van der Waals surface area contributed by atoms with E-state index in [1.54, 1.807) is 17.0 Å². The maximum Gasteiger partial charge on any atom is 0.512 e. The molecule has 29 heavy (non-hydrogen) atoms. The number of amides is 1. The SMILES string of the molecule is CCCC(=O)N(Cc1ccc(Cl)cc1)c1cc(-c2ccccc2)sc1OC(=O)O. The van der Waals surface area contributed by atoms with Crippen LogP contribution in [0.25, 0.3) is 10.4 Å². The summed E-state index contributed by atoms with van der Waals surface area (Å²) < 4.78 is 5.03. The first kappa shape index (κ1) is 20.9. The fourth-order valence-electron chi connectivity index (χ4n) is 2.88. The molecule has 0 radical (unpaired) electrons. The summed E-state index contributed by atoms with van der Waals surface area (Å²) in [5.41, 5.74) is 2.26. The molecule has 150 valence electrons. The van der Waals surface area contributed by atoms with E-state index >= 15 is 0 Å². The van der Waals surface area contributed by atoms with Crippen LogP contribution in [0.5, 0.6) is 5.06 Å². The standard InChI is InChI=1S/C22H20ClNO4S/c1-2-6-20(25)24(14-15-9-11-17(23)12-10-15)18-13-19(16-7-4-3-5-8-16)29-21(18)28-22(26)27/h3-5,7-13H,2,6,14H2,1H3,(H,26,27). The van der Waals surface area contributed by atoms with E-state index in [0.29, 0.717) is 23.6 Å². The van der Waals surface area contributed by atoms with Gasteiger partial charge in [0, 0.05) is 16.3 Å². The molecule has 2 aromatic carbocycles. The highest BCUT2D eigenvalue weighted by Gasteiger charge is 2.24. The summed E-state index contributed by atoms with van der Waals surface area (Å²) >= 11 is 7.17. The van der Waals surface area contributed by atoms with Crippen molar-refractivity contribution in [3.05, 3.63) is 71.2 Å². The number of halogens is 1. The lowest BCUT2D eigenvalue weighted by atomic mass is 10.1. The van der Waals surface area contributed by atoms with Gasteiger partial charge in [-0.25, -0.2) is 4.79 Å². The van der Waals surface area contributed by atoms with E-state index in [1.165, 1.54) is 11.3 Å². The number of anilines is 1. The molecule has 0 atom stereocenters. The van der Waals surface area contributed by atoms with Gasteiger partial charge in [-0.3, -0.25) is 4.79 Å². The highest BCUT2D eigenvalue weighted by molar-refractivity contribution is 7.18. The van der Waals surface area contributed by atoms with Crippen molar-refractivity contribution in [3.8, 4) is 15.5 Å². The van der Waals surface area contributed by atoms with Gasteiger partial charge < -0.3 is 14.7 Å². The van der Waals surface area contributed by atoms with Crippen LogP contribution in [0.1, 0.15) is 25.3 Å². The topological polar surface area (TPSA) is 66.8 Å². The summed E-state index contributed by atoms with van der Waals surface area (Å²) in [6, 6.07) is 18.6. The fourth-order valence-corrected chi connectivity index (χ4v) is 4.02. The zero-order chi connectivity index (χ0) is 20.8. The Morgan fingerprint density at radius 3 is 2.41 bits per heavy atom. The van der Waals surface area contributed by atoms with Crippen molar-refractivity contribution < 1.29 is 19.4 Å². The van der Waals surface area contributed by atoms with E-state index in [9.17, 15) is 14.7 Å². The molecule has 3 aromatic rings. The highest BCUT2D eigenvalue weighted by Crippen LogP contribution is 2.43. The molecule has 0 spiro atoms. The van der Waals surface area contributed by atoms with Crippen molar-refractivity contribution in [3.63, 3.8) is 0 Å². The molecule has 1 heterocycles. The third-order valence-electron chi connectivity index (χ3n) is 4.23. The molecule has 0 aliphatic carbocycles. The molecule has 7 heteroatoms. The Balaban J connectivity index is 2.04. The van der Waals surface area contributed by atoms with Gasteiger partial charge in [0.25, 0.3) is 0 Å². The van der Waals surface area contributed by atoms with Gasteiger partial charge in [-0.1, -0.05) is 72.3 Å². The molecular formula is C22H20ClNO4S. The number of benzene rings is 2. The summed E-state index contributed by atoms with van der Waals surface area (Å²) in [6.45, 7) is 2.22. The minimum Gasteiger partial charge on any atom is -0.449 e. The predicted molar refractivity (Wildman–Crippen MR) is 116 cm³/mol. The van der Waals surface area contributed by atoms with E-state index in [0.717, 1.165) is 16.0 Å². The van der Waals surface area contributed by atoms with E-state index in [1.807, 2.05) is 55.5 Å². The minimum atomic E-state index is -1.41. The third kappa shape index (κ3) is 5.37. The van der Waals surface area contributed by atoms with E-state index < -0.39 is 6.16 Å². The molecule has 0 aliphatic rings. The van der Waals surface area contributed by atoms with E-state index in [4.69, 9.17) is 16.3 Å². The molecule has 3 rings (SSSR count). The maximum absolute atomic E-state index is 12.9. The van der Waals surface area contributed by atoms with Gasteiger partial charge in [-0.05, 0) is 35.7 Å². The van der Waals surface area contributed by atoms with Crippen LogP contribution in [0.2, 0.25) is 5.02 Å². The van der Waals surface area contributed by atoms with Crippen LogP contribution in [-0.4, -0.2) is 17.2 Å². The lowest BCUT2D eigenvalue weighted by molar-refractivity contribution is -0.118. The Hall–Kier alpha value is -2.83. The summed E-state index contributed by atoms with van der Waals surface area (Å²) in [5.74, 6) is -0.102. The van der Waals surface area contributed by atoms with Gasteiger partial charge >= 0.3 is 6.16 Å². The van der Waals surface area contributed by atoms with Crippen molar-refractivity contribution in [2.75, 3.05) is 4.90 Å². The summed E-state index contributed by atoms with van der Waals surface area (Å²) in [4.78, 5) is 26.5. The molecule has 0 fully saturated rings. The summed E-state index contributed by atoms with van der Waals surface area (Å²) in [5, 5.41) is 9.97. The molecule has 0 aliphatic heterocycles. The molecule has 1 aromatic heterocycles. The average molecular weight is 430 g/mol. The first-order chi connectivity index (χ1) is 14.0. The van der Waals surface area contributed by atoms with Crippen LogP contribution in [0, 0.1) is 0 Å².